The van der Waals surface area contributed by atoms with Crippen molar-refractivity contribution in [1.82, 2.24) is 9.47 Å². The largest absolute Gasteiger partial charge is 0.378 e. The van der Waals surface area contributed by atoms with Crippen molar-refractivity contribution in [3.05, 3.63) is 77.1 Å². The molecule has 1 fully saturated rings. The SMILES string of the molecule is Cc1ccc2c(c1C)-n1cccc1C1(CCN(C(=O)c3cccc(N(C)C)c3)CC1)N2. The van der Waals surface area contributed by atoms with Crippen LogP contribution in [0.4, 0.5) is 11.4 Å². The number of aromatic nitrogens is 1. The zero-order valence-corrected chi connectivity index (χ0v) is 18.8. The Kier molecular flexibility index (Phi) is 4.58. The number of fused-ring (bicyclic) bond motifs is 4. The molecule has 0 unspecified atom stereocenters. The lowest BCUT2D eigenvalue weighted by atomic mass is 9.81. The molecular weight excluding hydrogens is 384 g/mol. The number of hydrogen-bond acceptors (Lipinski definition) is 3. The Morgan fingerprint density at radius 2 is 1.81 bits per heavy atom. The lowest BCUT2D eigenvalue weighted by Gasteiger charge is -2.46. The van der Waals surface area contributed by atoms with E-state index in [1.165, 1.54) is 28.2 Å². The highest BCUT2D eigenvalue weighted by Crippen LogP contribution is 2.45. The van der Waals surface area contributed by atoms with Gasteiger partial charge in [0.15, 0.2) is 0 Å². The highest BCUT2D eigenvalue weighted by atomic mass is 16.2. The fourth-order valence-corrected chi connectivity index (χ4v) is 5.07. The minimum atomic E-state index is -0.138. The molecule has 0 aliphatic carbocycles. The van der Waals surface area contributed by atoms with E-state index in [0.29, 0.717) is 0 Å². The quantitative estimate of drug-likeness (QED) is 0.660. The van der Waals surface area contributed by atoms with E-state index in [1.54, 1.807) is 0 Å². The molecule has 5 heteroatoms. The minimum absolute atomic E-state index is 0.122. The first-order valence-corrected chi connectivity index (χ1v) is 11.0. The van der Waals surface area contributed by atoms with Crippen LogP contribution in [-0.4, -0.2) is 42.6 Å². The third-order valence-electron chi connectivity index (χ3n) is 7.07. The van der Waals surface area contributed by atoms with Gasteiger partial charge in [-0.2, -0.15) is 0 Å². The maximum atomic E-state index is 13.2. The Bertz CT molecular complexity index is 1150. The van der Waals surface area contributed by atoms with E-state index < -0.39 is 0 Å². The highest BCUT2D eigenvalue weighted by Gasteiger charge is 2.42. The monoisotopic (exact) mass is 414 g/mol. The number of nitrogens with one attached hydrogen (secondary N) is 1. The summed E-state index contributed by atoms with van der Waals surface area (Å²) in [5.41, 5.74) is 8.03. The number of rotatable bonds is 2. The van der Waals surface area contributed by atoms with Crippen LogP contribution >= 0.6 is 0 Å². The molecule has 1 N–H and O–H groups in total. The van der Waals surface area contributed by atoms with E-state index >= 15 is 0 Å². The molecule has 1 spiro atoms. The normalized spacial score (nSPS) is 16.5. The van der Waals surface area contributed by atoms with E-state index in [2.05, 4.69) is 54.2 Å². The summed E-state index contributed by atoms with van der Waals surface area (Å²) in [6.45, 7) is 5.84. The zero-order chi connectivity index (χ0) is 21.8. The fraction of sp³-hybridized carbons (Fsp3) is 0.346. The highest BCUT2D eigenvalue weighted by molar-refractivity contribution is 5.95. The average molecular weight is 415 g/mol. The summed E-state index contributed by atoms with van der Waals surface area (Å²) in [6, 6.07) is 16.7. The number of nitrogens with zero attached hydrogens (tertiary/aromatic N) is 3. The smallest absolute Gasteiger partial charge is 0.253 e. The number of aryl methyl sites for hydroxylation is 1. The molecule has 31 heavy (non-hydrogen) atoms. The summed E-state index contributed by atoms with van der Waals surface area (Å²) in [4.78, 5) is 17.2. The van der Waals surface area contributed by atoms with Crippen molar-refractivity contribution in [2.24, 2.45) is 0 Å². The molecule has 2 aliphatic rings. The standard InChI is InChI=1S/C26H30N4O/c1-18-10-11-22-24(19(18)2)30-14-6-9-23(30)26(27-22)12-15-29(16-13-26)25(31)20-7-5-8-21(17-20)28(3)4/h5-11,14,17,27H,12-13,15-16H2,1-4H3. The Hall–Kier alpha value is -3.21. The molecule has 160 valence electrons. The molecular formula is C26H30N4O. The van der Waals surface area contributed by atoms with Gasteiger partial charge in [-0.15, -0.1) is 0 Å². The van der Waals surface area contributed by atoms with Crippen LogP contribution in [0.5, 0.6) is 0 Å². The number of carbonyl (C=O) groups excluding carboxylic acids is 1. The molecule has 2 aromatic carbocycles. The van der Waals surface area contributed by atoms with Crippen molar-refractivity contribution < 1.29 is 4.79 Å². The number of amides is 1. The molecule has 1 aromatic heterocycles. The van der Waals surface area contributed by atoms with Crippen molar-refractivity contribution in [1.29, 1.82) is 0 Å². The Balaban J connectivity index is 1.41. The summed E-state index contributed by atoms with van der Waals surface area (Å²) in [5, 5.41) is 3.88. The van der Waals surface area contributed by atoms with Gasteiger partial charge in [-0.3, -0.25) is 4.79 Å². The average Bonchev–Trinajstić information content (AvgIpc) is 3.27. The Morgan fingerprint density at radius 3 is 2.55 bits per heavy atom. The first kappa shape index (κ1) is 19.7. The number of piperidine rings is 1. The van der Waals surface area contributed by atoms with Crippen LogP contribution in [0.3, 0.4) is 0 Å². The van der Waals surface area contributed by atoms with Gasteiger partial charge in [0.2, 0.25) is 0 Å². The van der Waals surface area contributed by atoms with Crippen LogP contribution in [0.1, 0.15) is 40.0 Å². The van der Waals surface area contributed by atoms with Gasteiger partial charge in [0, 0.05) is 50.3 Å². The lowest BCUT2D eigenvalue weighted by molar-refractivity contribution is 0.0676. The first-order valence-electron chi connectivity index (χ1n) is 11.0. The fourth-order valence-electron chi connectivity index (χ4n) is 5.07. The van der Waals surface area contributed by atoms with Gasteiger partial charge in [-0.05, 0) is 74.2 Å². The molecule has 2 aliphatic heterocycles. The third kappa shape index (κ3) is 3.11. The van der Waals surface area contributed by atoms with Crippen LogP contribution in [0.2, 0.25) is 0 Å². The third-order valence-corrected chi connectivity index (χ3v) is 7.07. The number of likely N-dealkylation sites (tertiary alicyclic amines) is 1. The topological polar surface area (TPSA) is 40.5 Å². The molecule has 0 saturated carbocycles. The van der Waals surface area contributed by atoms with Crippen molar-refractivity contribution in [3.63, 3.8) is 0 Å². The second-order valence-electron chi connectivity index (χ2n) is 9.11. The summed E-state index contributed by atoms with van der Waals surface area (Å²) in [5.74, 6) is 0.122. The summed E-state index contributed by atoms with van der Waals surface area (Å²) < 4.78 is 2.35. The lowest BCUT2D eigenvalue weighted by Crippen LogP contribution is -2.51. The Labute approximate surface area is 184 Å². The van der Waals surface area contributed by atoms with Crippen LogP contribution in [-0.2, 0) is 5.54 Å². The molecule has 5 rings (SSSR count). The van der Waals surface area contributed by atoms with Gasteiger partial charge in [0.1, 0.15) is 0 Å². The predicted molar refractivity (Wildman–Crippen MR) is 126 cm³/mol. The van der Waals surface area contributed by atoms with E-state index in [9.17, 15) is 4.79 Å². The van der Waals surface area contributed by atoms with Crippen molar-refractivity contribution in [2.75, 3.05) is 37.4 Å². The van der Waals surface area contributed by atoms with Gasteiger partial charge in [0.05, 0.1) is 16.9 Å². The van der Waals surface area contributed by atoms with Crippen LogP contribution in [0.15, 0.2) is 54.7 Å². The molecule has 3 heterocycles. The van der Waals surface area contributed by atoms with Crippen LogP contribution in [0, 0.1) is 13.8 Å². The molecule has 0 atom stereocenters. The maximum Gasteiger partial charge on any atom is 0.253 e. The molecule has 5 nitrogen and oxygen atoms in total. The number of hydrogen-bond donors (Lipinski definition) is 1. The van der Waals surface area contributed by atoms with E-state index in [-0.39, 0.29) is 11.4 Å². The van der Waals surface area contributed by atoms with Gasteiger partial charge < -0.3 is 19.7 Å². The van der Waals surface area contributed by atoms with E-state index in [0.717, 1.165) is 37.2 Å². The van der Waals surface area contributed by atoms with Gasteiger partial charge in [0.25, 0.3) is 5.91 Å². The van der Waals surface area contributed by atoms with E-state index in [4.69, 9.17) is 0 Å². The Morgan fingerprint density at radius 1 is 1.03 bits per heavy atom. The van der Waals surface area contributed by atoms with Gasteiger partial charge in [-0.25, -0.2) is 0 Å². The summed E-state index contributed by atoms with van der Waals surface area (Å²) in [6.07, 6.45) is 3.96. The van der Waals surface area contributed by atoms with Crippen molar-refractivity contribution >= 4 is 17.3 Å². The second kappa shape index (κ2) is 7.19. The first-order chi connectivity index (χ1) is 14.9. The van der Waals surface area contributed by atoms with Gasteiger partial charge in [-0.1, -0.05) is 12.1 Å². The number of anilines is 2. The van der Waals surface area contributed by atoms with Crippen LogP contribution in [0.25, 0.3) is 5.69 Å². The molecule has 1 amide bonds. The predicted octanol–water partition coefficient (Wildman–Crippen LogP) is 4.72. The summed E-state index contributed by atoms with van der Waals surface area (Å²) in [7, 11) is 4.00. The molecule has 0 radical (unpaired) electrons. The molecule has 0 bridgehead atoms. The maximum absolute atomic E-state index is 13.2. The van der Waals surface area contributed by atoms with Crippen LogP contribution < -0.4 is 10.2 Å². The molecule has 3 aromatic rings. The second-order valence-corrected chi connectivity index (χ2v) is 9.11. The number of carbonyl (C=O) groups is 1. The zero-order valence-electron chi connectivity index (χ0n) is 18.8. The minimum Gasteiger partial charge on any atom is -0.378 e. The summed E-state index contributed by atoms with van der Waals surface area (Å²) >= 11 is 0. The van der Waals surface area contributed by atoms with Gasteiger partial charge >= 0.3 is 0 Å². The van der Waals surface area contributed by atoms with E-state index in [1.807, 2.05) is 48.2 Å². The van der Waals surface area contributed by atoms with Crippen molar-refractivity contribution in [3.8, 4) is 5.69 Å². The van der Waals surface area contributed by atoms with Crippen molar-refractivity contribution in [2.45, 2.75) is 32.2 Å². The molecule has 1 saturated heterocycles. The number of benzene rings is 2.